The highest BCUT2D eigenvalue weighted by molar-refractivity contribution is 5.78. The molecule has 0 aromatic heterocycles. The molecule has 3 aliphatic rings. The molecule has 1 aromatic rings. The van der Waals surface area contributed by atoms with Gasteiger partial charge in [-0.25, -0.2) is 0 Å². The van der Waals surface area contributed by atoms with Crippen LogP contribution in [-0.4, -0.2) is 42.2 Å². The third-order valence-corrected chi connectivity index (χ3v) is 18.3. The van der Waals surface area contributed by atoms with E-state index in [1.165, 1.54) is 43.2 Å². The number of hydrogen-bond donors (Lipinski definition) is 0. The van der Waals surface area contributed by atoms with Gasteiger partial charge < -0.3 is 18.9 Å². The minimum absolute atomic E-state index is 0.0166. The number of carbonyl (C=O) groups is 4. The Labute approximate surface area is 476 Å². The molecule has 8 heteroatoms. The second-order valence-electron chi connectivity index (χ2n) is 31.8. The van der Waals surface area contributed by atoms with E-state index in [-0.39, 0.29) is 74.7 Å². The average Bonchev–Trinajstić information content (AvgIpc) is 3.30. The fraction of sp³-hybridized carbons (Fsp3) is 0.855. The van der Waals surface area contributed by atoms with Crippen molar-refractivity contribution in [2.24, 2.45) is 61.6 Å². The van der Waals surface area contributed by atoms with Crippen LogP contribution in [-0.2, 0) is 44.2 Å². The van der Waals surface area contributed by atoms with E-state index in [0.717, 1.165) is 70.1 Å². The number of hydrogen-bond acceptors (Lipinski definition) is 8. The number of esters is 4. The summed E-state index contributed by atoms with van der Waals surface area (Å²) in [5.74, 6) is 2.89. The molecule has 0 aliphatic heterocycles. The first-order chi connectivity index (χ1) is 34.7. The van der Waals surface area contributed by atoms with E-state index in [2.05, 4.69) is 124 Å². The average molecular weight is 1080 g/mol. The Bertz CT molecular complexity index is 1940. The molecule has 3 saturated carbocycles. The highest BCUT2D eigenvalue weighted by atomic mass is 16.6. The molecule has 8 nitrogen and oxygen atoms in total. The maximum Gasteiger partial charge on any atom is 0.316 e. The van der Waals surface area contributed by atoms with Crippen LogP contribution >= 0.6 is 0 Å². The second-order valence-corrected chi connectivity index (χ2v) is 31.8. The molecule has 448 valence electrons. The normalized spacial score (nSPS) is 22.3. The van der Waals surface area contributed by atoms with E-state index < -0.39 is 5.41 Å². The van der Waals surface area contributed by atoms with E-state index in [0.29, 0.717) is 34.3 Å². The second kappa shape index (κ2) is 28.7. The summed E-state index contributed by atoms with van der Waals surface area (Å²) in [7, 11) is 0. The van der Waals surface area contributed by atoms with Crippen LogP contribution in [0.4, 0.5) is 0 Å². The summed E-state index contributed by atoms with van der Waals surface area (Å²) in [6.45, 7) is 60.1. The Morgan fingerprint density at radius 1 is 0.416 bits per heavy atom. The maximum absolute atomic E-state index is 12.6. The summed E-state index contributed by atoms with van der Waals surface area (Å²) in [6.07, 6.45) is 16.1. The van der Waals surface area contributed by atoms with Crippen LogP contribution < -0.4 is 4.74 Å². The van der Waals surface area contributed by atoms with Crippen LogP contribution in [0.3, 0.4) is 0 Å². The van der Waals surface area contributed by atoms with Crippen molar-refractivity contribution in [3.63, 3.8) is 0 Å². The molecule has 0 saturated heterocycles. The van der Waals surface area contributed by atoms with Crippen LogP contribution in [0.5, 0.6) is 5.75 Å². The van der Waals surface area contributed by atoms with E-state index in [9.17, 15) is 19.2 Å². The van der Waals surface area contributed by atoms with E-state index in [4.69, 9.17) is 18.9 Å². The lowest BCUT2D eigenvalue weighted by Crippen LogP contribution is -2.47. The van der Waals surface area contributed by atoms with Gasteiger partial charge in [-0.15, -0.1) is 0 Å². The summed E-state index contributed by atoms with van der Waals surface area (Å²) < 4.78 is 23.0. The predicted molar refractivity (Wildman–Crippen MR) is 324 cm³/mol. The smallest absolute Gasteiger partial charge is 0.316 e. The molecule has 0 spiro atoms. The van der Waals surface area contributed by atoms with Crippen LogP contribution in [0.25, 0.3) is 0 Å². The third-order valence-electron chi connectivity index (χ3n) is 18.3. The van der Waals surface area contributed by atoms with Crippen molar-refractivity contribution in [1.29, 1.82) is 0 Å². The van der Waals surface area contributed by atoms with Gasteiger partial charge >= 0.3 is 23.9 Å². The maximum atomic E-state index is 12.6. The third kappa shape index (κ3) is 23.6. The Morgan fingerprint density at radius 2 is 0.766 bits per heavy atom. The first-order valence-corrected chi connectivity index (χ1v) is 30.7. The number of carbonyl (C=O) groups excluding carboxylic acids is 4. The molecule has 3 fully saturated rings. The number of benzene rings is 1. The molecule has 0 amide bonds. The SMILES string of the molecule is CCC(C)(C)C(=O)OC1CC(C)C(C(C)(C)C)CC1C(C)(C)C.CCC(C)(C)C(=O)OC1CCC(C(C)(C)C)CC1.CCC(C)(C)C(=O)OC1CCCCC1.CCC(C)(C)C(=O)Oc1cc(C(C)(C)C)cc(C(C)(C)C)c1. The molecule has 0 radical (unpaired) electrons. The lowest BCUT2D eigenvalue weighted by Gasteiger charge is -2.49. The van der Waals surface area contributed by atoms with E-state index in [1.807, 2.05) is 88.3 Å². The zero-order valence-corrected chi connectivity index (χ0v) is 55.6. The summed E-state index contributed by atoms with van der Waals surface area (Å²) >= 11 is 0. The van der Waals surface area contributed by atoms with Crippen molar-refractivity contribution in [1.82, 2.24) is 0 Å². The van der Waals surface area contributed by atoms with Gasteiger partial charge in [0.15, 0.2) is 0 Å². The van der Waals surface area contributed by atoms with Crippen molar-refractivity contribution in [2.45, 2.75) is 319 Å². The minimum atomic E-state index is -0.459. The quantitative estimate of drug-likeness (QED) is 0.116. The summed E-state index contributed by atoms with van der Waals surface area (Å²) in [5.41, 5.74) is 1.79. The summed E-state index contributed by atoms with van der Waals surface area (Å²) in [6, 6.07) is 6.22. The minimum Gasteiger partial charge on any atom is -0.462 e. The van der Waals surface area contributed by atoms with Gasteiger partial charge in [-0.2, -0.15) is 0 Å². The predicted octanol–water partition coefficient (Wildman–Crippen LogP) is 19.6. The lowest BCUT2D eigenvalue weighted by atomic mass is 9.58. The highest BCUT2D eigenvalue weighted by Crippen LogP contribution is 2.50. The Morgan fingerprint density at radius 3 is 1.10 bits per heavy atom. The first kappa shape index (κ1) is 72.1. The van der Waals surface area contributed by atoms with Crippen LogP contribution in [0.1, 0.15) is 301 Å². The molecular weight excluding hydrogens is 957 g/mol. The zero-order chi connectivity index (χ0) is 60.1. The summed E-state index contributed by atoms with van der Waals surface area (Å²) in [4.78, 5) is 48.7. The van der Waals surface area contributed by atoms with E-state index >= 15 is 0 Å². The number of rotatable bonds is 12. The van der Waals surface area contributed by atoms with Crippen LogP contribution in [0.2, 0.25) is 0 Å². The van der Waals surface area contributed by atoms with Crippen molar-refractivity contribution < 1.29 is 38.1 Å². The molecule has 3 aliphatic carbocycles. The van der Waals surface area contributed by atoms with Crippen molar-refractivity contribution >= 4 is 23.9 Å². The Balaban J connectivity index is 0.000000521. The van der Waals surface area contributed by atoms with Gasteiger partial charge in [0.05, 0.1) is 21.7 Å². The molecule has 1 aromatic carbocycles. The van der Waals surface area contributed by atoms with Gasteiger partial charge in [0, 0.05) is 5.92 Å². The topological polar surface area (TPSA) is 105 Å². The fourth-order valence-corrected chi connectivity index (χ4v) is 10.1. The lowest BCUT2D eigenvalue weighted by molar-refractivity contribution is -0.172. The van der Waals surface area contributed by atoms with Gasteiger partial charge in [0.2, 0.25) is 0 Å². The Kier molecular flexibility index (Phi) is 26.9. The van der Waals surface area contributed by atoms with Gasteiger partial charge in [-0.3, -0.25) is 19.2 Å². The molecule has 77 heavy (non-hydrogen) atoms. The van der Waals surface area contributed by atoms with Crippen LogP contribution in [0.15, 0.2) is 18.2 Å². The largest absolute Gasteiger partial charge is 0.462 e. The van der Waals surface area contributed by atoms with Crippen molar-refractivity contribution in [3.05, 3.63) is 29.3 Å². The van der Waals surface area contributed by atoms with Gasteiger partial charge in [-0.05, 0) is 213 Å². The van der Waals surface area contributed by atoms with Gasteiger partial charge in [0.1, 0.15) is 24.1 Å². The van der Waals surface area contributed by atoms with Crippen LogP contribution in [0, 0.1) is 61.6 Å². The molecule has 4 rings (SSSR count). The summed E-state index contributed by atoms with van der Waals surface area (Å²) in [5, 5.41) is 0. The monoisotopic (exact) mass is 1080 g/mol. The highest BCUT2D eigenvalue weighted by Gasteiger charge is 2.47. The van der Waals surface area contributed by atoms with Crippen molar-refractivity contribution in [3.8, 4) is 5.75 Å². The van der Waals surface area contributed by atoms with E-state index in [1.54, 1.807) is 0 Å². The molecule has 4 atom stereocenters. The first-order valence-electron chi connectivity index (χ1n) is 30.7. The number of ether oxygens (including phenoxy) is 4. The molecule has 0 bridgehead atoms. The molecular formula is C69H124O8. The van der Waals surface area contributed by atoms with Gasteiger partial charge in [-0.1, -0.05) is 151 Å². The fourth-order valence-electron chi connectivity index (χ4n) is 10.1. The molecule has 0 N–H and O–H groups in total. The Hall–Kier alpha value is -2.90. The van der Waals surface area contributed by atoms with Gasteiger partial charge in [0.25, 0.3) is 0 Å². The standard InChI is InChI=1S/C21H40O2.C20H32O2.C16H30O2.C12H22O2/c1-11-21(9,10)18(22)23-17-12-14(2)15(19(3,4)5)13-16(17)20(6,7)8;1-10-20(8,9)17(21)22-16-12-14(18(2,3)4)11-15(13-16)19(5,6)7;1-7-16(5,6)14(17)18-13-10-8-12(9-11-13)15(2,3)4;1-4-12(2,3)11(13)14-10-8-6-5-7-9-10/h14-17H,11-13H2,1-10H3;11-13H,10H2,1-9H3;12-13H,7-11H2,1-6H3;10H,4-9H2,1-3H3. The molecule has 0 heterocycles. The zero-order valence-electron chi connectivity index (χ0n) is 55.6. The molecule has 4 unspecified atom stereocenters. The van der Waals surface area contributed by atoms with Crippen molar-refractivity contribution in [2.75, 3.05) is 0 Å².